The van der Waals surface area contributed by atoms with Crippen molar-refractivity contribution in [3.05, 3.63) is 23.8 Å². The molecule has 98 valence electrons. The third kappa shape index (κ3) is 1.95. The normalized spacial score (nSPS) is 27.1. The molecule has 0 aromatic carbocycles. The standard InChI is InChI=1S/C12H15NO4S/c1-4-5-17-12(15)8-6-18-11-9(7(2)16-3)10(14)13(8)11/h4,6-7,9,11H,1,5H2,2-3H3/t7?,9-,11-/m0/s1. The Morgan fingerprint density at radius 1 is 1.72 bits per heavy atom. The SMILES string of the molecule is C=CCOC(=O)C1=CS[C@H]2[C@@H](C(C)OC)C(=O)N12. The van der Waals surface area contributed by atoms with E-state index >= 15 is 0 Å². The van der Waals surface area contributed by atoms with E-state index in [0.29, 0.717) is 5.70 Å². The highest BCUT2D eigenvalue weighted by molar-refractivity contribution is 8.03. The lowest BCUT2D eigenvalue weighted by Gasteiger charge is -2.44. The van der Waals surface area contributed by atoms with Gasteiger partial charge in [0.1, 0.15) is 17.7 Å². The molecule has 0 N–H and O–H groups in total. The molecule has 0 spiro atoms. The number of hydrogen-bond acceptors (Lipinski definition) is 5. The Hall–Kier alpha value is -1.27. The summed E-state index contributed by atoms with van der Waals surface area (Å²) in [5.74, 6) is -0.760. The average molecular weight is 269 g/mol. The van der Waals surface area contributed by atoms with E-state index in [-0.39, 0.29) is 29.9 Å². The van der Waals surface area contributed by atoms with Gasteiger partial charge in [0.15, 0.2) is 0 Å². The molecule has 3 atom stereocenters. The maximum atomic E-state index is 12.0. The monoisotopic (exact) mass is 269 g/mol. The van der Waals surface area contributed by atoms with Gasteiger partial charge >= 0.3 is 5.97 Å². The second-order valence-corrected chi connectivity index (χ2v) is 5.08. The van der Waals surface area contributed by atoms with Gasteiger partial charge in [0.05, 0.1) is 12.0 Å². The van der Waals surface area contributed by atoms with Crippen LogP contribution in [-0.4, -0.2) is 42.0 Å². The smallest absolute Gasteiger partial charge is 0.355 e. The van der Waals surface area contributed by atoms with Crippen LogP contribution < -0.4 is 0 Å². The first-order valence-corrected chi connectivity index (χ1v) is 6.55. The molecule has 18 heavy (non-hydrogen) atoms. The lowest BCUT2D eigenvalue weighted by Crippen LogP contribution is -2.61. The Morgan fingerprint density at radius 3 is 3.06 bits per heavy atom. The van der Waals surface area contributed by atoms with Crippen LogP contribution in [0.2, 0.25) is 0 Å². The van der Waals surface area contributed by atoms with Crippen LogP contribution in [0.15, 0.2) is 23.8 Å². The molecule has 2 aliphatic rings. The number of esters is 1. The molecule has 1 saturated heterocycles. The summed E-state index contributed by atoms with van der Waals surface area (Å²) in [6.45, 7) is 5.47. The number of rotatable bonds is 5. The summed E-state index contributed by atoms with van der Waals surface area (Å²) >= 11 is 1.45. The summed E-state index contributed by atoms with van der Waals surface area (Å²) in [5, 5.41) is 1.63. The van der Waals surface area contributed by atoms with Crippen LogP contribution in [0, 0.1) is 5.92 Å². The topological polar surface area (TPSA) is 55.8 Å². The molecular formula is C12H15NO4S. The molecule has 0 bridgehead atoms. The number of ether oxygens (including phenoxy) is 2. The van der Waals surface area contributed by atoms with Gasteiger partial charge in [0, 0.05) is 12.5 Å². The molecule has 0 aliphatic carbocycles. The van der Waals surface area contributed by atoms with Gasteiger partial charge in [-0.25, -0.2) is 4.79 Å². The molecule has 0 radical (unpaired) electrons. The minimum absolute atomic E-state index is 0.0428. The molecule has 6 heteroatoms. The lowest BCUT2D eigenvalue weighted by atomic mass is 9.92. The minimum atomic E-state index is -0.484. The first-order valence-electron chi connectivity index (χ1n) is 5.61. The number of amides is 1. The maximum Gasteiger partial charge on any atom is 0.355 e. The zero-order chi connectivity index (χ0) is 13.3. The van der Waals surface area contributed by atoms with Crippen molar-refractivity contribution >= 4 is 23.6 Å². The summed E-state index contributed by atoms with van der Waals surface area (Å²) in [7, 11) is 1.58. The van der Waals surface area contributed by atoms with Crippen molar-refractivity contribution in [2.75, 3.05) is 13.7 Å². The number of fused-ring (bicyclic) bond motifs is 1. The molecule has 1 unspecified atom stereocenters. The largest absolute Gasteiger partial charge is 0.457 e. The highest BCUT2D eigenvalue weighted by Crippen LogP contribution is 2.46. The summed E-state index contributed by atoms with van der Waals surface area (Å²) < 4.78 is 10.1. The van der Waals surface area contributed by atoms with Crippen molar-refractivity contribution in [1.29, 1.82) is 0 Å². The summed E-state index contributed by atoms with van der Waals surface area (Å²) in [4.78, 5) is 25.2. The molecule has 2 heterocycles. The van der Waals surface area contributed by atoms with Gasteiger partial charge in [-0.05, 0) is 6.92 Å². The highest BCUT2D eigenvalue weighted by Gasteiger charge is 2.55. The van der Waals surface area contributed by atoms with Crippen LogP contribution in [0.1, 0.15) is 6.92 Å². The zero-order valence-electron chi connectivity index (χ0n) is 10.3. The van der Waals surface area contributed by atoms with Crippen molar-refractivity contribution in [1.82, 2.24) is 4.90 Å². The molecule has 2 rings (SSSR count). The van der Waals surface area contributed by atoms with E-state index in [1.165, 1.54) is 22.7 Å². The van der Waals surface area contributed by atoms with E-state index in [1.807, 2.05) is 6.92 Å². The van der Waals surface area contributed by atoms with Crippen molar-refractivity contribution < 1.29 is 19.1 Å². The number of hydrogen-bond donors (Lipinski definition) is 0. The maximum absolute atomic E-state index is 12.0. The van der Waals surface area contributed by atoms with E-state index in [0.717, 1.165) is 0 Å². The van der Waals surface area contributed by atoms with Gasteiger partial charge in [-0.15, -0.1) is 11.8 Å². The van der Waals surface area contributed by atoms with Gasteiger partial charge < -0.3 is 9.47 Å². The number of nitrogens with zero attached hydrogens (tertiary/aromatic N) is 1. The van der Waals surface area contributed by atoms with Crippen molar-refractivity contribution in [3.63, 3.8) is 0 Å². The van der Waals surface area contributed by atoms with Crippen LogP contribution in [-0.2, 0) is 19.1 Å². The van der Waals surface area contributed by atoms with Crippen molar-refractivity contribution in [2.24, 2.45) is 5.92 Å². The van der Waals surface area contributed by atoms with E-state index in [9.17, 15) is 9.59 Å². The number of β-lactam (4-membered cyclic amide) rings is 1. The molecule has 0 aromatic rings. The average Bonchev–Trinajstić information content (AvgIpc) is 2.75. The van der Waals surface area contributed by atoms with Crippen LogP contribution >= 0.6 is 11.8 Å². The summed E-state index contributed by atoms with van der Waals surface area (Å²) in [6, 6.07) is 0. The Labute approximate surface area is 110 Å². The third-order valence-corrected chi connectivity index (χ3v) is 4.22. The second kappa shape index (κ2) is 5.16. The minimum Gasteiger partial charge on any atom is -0.457 e. The highest BCUT2D eigenvalue weighted by atomic mass is 32.2. The molecule has 5 nitrogen and oxygen atoms in total. The Balaban J connectivity index is 2.02. The number of carbonyl (C=O) groups is 2. The number of carbonyl (C=O) groups excluding carboxylic acids is 2. The zero-order valence-corrected chi connectivity index (χ0v) is 11.1. The van der Waals surface area contributed by atoms with Gasteiger partial charge in [-0.2, -0.15) is 0 Å². The molecule has 0 saturated carbocycles. The van der Waals surface area contributed by atoms with E-state index in [4.69, 9.17) is 9.47 Å². The van der Waals surface area contributed by atoms with E-state index in [2.05, 4.69) is 6.58 Å². The quantitative estimate of drug-likeness (QED) is 0.425. The van der Waals surface area contributed by atoms with E-state index < -0.39 is 5.97 Å². The van der Waals surface area contributed by atoms with Crippen LogP contribution in [0.25, 0.3) is 0 Å². The van der Waals surface area contributed by atoms with Gasteiger partial charge in [-0.1, -0.05) is 12.7 Å². The molecule has 1 fully saturated rings. The number of methoxy groups -OCH3 is 1. The molecule has 0 aromatic heterocycles. The predicted octanol–water partition coefficient (Wildman–Crippen LogP) is 1.12. The number of thioether (sulfide) groups is 1. The van der Waals surface area contributed by atoms with Crippen molar-refractivity contribution in [2.45, 2.75) is 18.4 Å². The third-order valence-electron chi connectivity index (χ3n) is 3.08. The van der Waals surface area contributed by atoms with Crippen LogP contribution in [0.3, 0.4) is 0 Å². The second-order valence-electron chi connectivity index (χ2n) is 4.09. The van der Waals surface area contributed by atoms with Gasteiger partial charge in [0.2, 0.25) is 5.91 Å². The first-order chi connectivity index (χ1) is 8.61. The first kappa shape index (κ1) is 13.2. The Kier molecular flexibility index (Phi) is 3.77. The van der Waals surface area contributed by atoms with Crippen LogP contribution in [0.4, 0.5) is 0 Å². The van der Waals surface area contributed by atoms with Gasteiger partial charge in [-0.3, -0.25) is 9.69 Å². The fourth-order valence-corrected chi connectivity index (χ4v) is 3.34. The van der Waals surface area contributed by atoms with Crippen molar-refractivity contribution in [3.8, 4) is 0 Å². The summed E-state index contributed by atoms with van der Waals surface area (Å²) in [6.07, 6.45) is 1.34. The predicted molar refractivity (Wildman–Crippen MR) is 67.4 cm³/mol. The fraction of sp³-hybridized carbons (Fsp3) is 0.500. The van der Waals surface area contributed by atoms with Gasteiger partial charge in [0.25, 0.3) is 0 Å². The fourth-order valence-electron chi connectivity index (χ4n) is 2.01. The molecule has 1 amide bonds. The lowest BCUT2D eigenvalue weighted by molar-refractivity contribution is -0.159. The summed E-state index contributed by atoms with van der Waals surface area (Å²) in [5.41, 5.74) is 0.316. The van der Waals surface area contributed by atoms with E-state index in [1.54, 1.807) is 12.5 Å². The Bertz CT molecular complexity index is 420. The Morgan fingerprint density at radius 2 is 2.44 bits per heavy atom. The van der Waals surface area contributed by atoms with Crippen LogP contribution in [0.5, 0.6) is 0 Å². The molecular weight excluding hydrogens is 254 g/mol. The molecule has 2 aliphatic heterocycles.